The molecule has 0 fully saturated rings. The highest BCUT2D eigenvalue weighted by Crippen LogP contribution is 2.29. The predicted octanol–water partition coefficient (Wildman–Crippen LogP) is 3.58. The summed E-state index contributed by atoms with van der Waals surface area (Å²) in [4.78, 5) is 0. The molecule has 0 aliphatic rings. The fourth-order valence-corrected chi connectivity index (χ4v) is 2.31. The highest BCUT2D eigenvalue weighted by Gasteiger charge is 2.05. The molecule has 0 heterocycles. The first-order valence-electron chi connectivity index (χ1n) is 6.83. The molecule has 0 aliphatic carbocycles. The van der Waals surface area contributed by atoms with Crippen molar-refractivity contribution in [1.82, 2.24) is 0 Å². The van der Waals surface area contributed by atoms with E-state index < -0.39 is 10.3 Å². The van der Waals surface area contributed by atoms with Crippen molar-refractivity contribution in [3.05, 3.63) is 54.6 Å². The highest BCUT2D eigenvalue weighted by molar-refractivity contribution is 8.04. The van der Waals surface area contributed by atoms with Crippen LogP contribution < -0.4 is 4.74 Å². The minimum absolute atomic E-state index is 0.191. The summed E-state index contributed by atoms with van der Waals surface area (Å²) in [5.41, 5.74) is 2.15. The molecular formula is C16H17ClO4S. The molecule has 1 atom stereocenters. The number of para-hydroxylation sites is 1. The molecule has 2 rings (SSSR count). The van der Waals surface area contributed by atoms with Gasteiger partial charge in [0, 0.05) is 16.2 Å². The molecule has 0 radical (unpaired) electrons. The Kier molecular flexibility index (Phi) is 7.39. The van der Waals surface area contributed by atoms with Crippen molar-refractivity contribution >= 4 is 21.0 Å². The van der Waals surface area contributed by atoms with Crippen LogP contribution >= 0.6 is 10.7 Å². The molecule has 0 spiro atoms. The summed E-state index contributed by atoms with van der Waals surface area (Å²) in [6.07, 6.45) is 0. The molecular weight excluding hydrogens is 324 g/mol. The Bertz CT molecular complexity index is 592. The number of hydrogen-bond acceptors (Lipinski definition) is 4. The number of benzene rings is 2. The number of hydrogen-bond donors (Lipinski definition) is 0. The molecule has 0 saturated heterocycles. The maximum absolute atomic E-state index is 10.5. The largest absolute Gasteiger partial charge is 0.491 e. The Balaban J connectivity index is 1.80. The summed E-state index contributed by atoms with van der Waals surface area (Å²) in [6.45, 7) is 1.36. The summed E-state index contributed by atoms with van der Waals surface area (Å²) in [5.74, 6) is 0.815. The van der Waals surface area contributed by atoms with Gasteiger partial charge in [-0.1, -0.05) is 48.5 Å². The van der Waals surface area contributed by atoms with Gasteiger partial charge in [-0.25, -0.2) is 4.21 Å². The first-order valence-corrected chi connectivity index (χ1v) is 8.74. The predicted molar refractivity (Wildman–Crippen MR) is 88.1 cm³/mol. The number of rotatable bonds is 9. The van der Waals surface area contributed by atoms with E-state index in [4.69, 9.17) is 20.2 Å². The lowest BCUT2D eigenvalue weighted by Gasteiger charge is -2.11. The zero-order valence-electron chi connectivity index (χ0n) is 11.9. The monoisotopic (exact) mass is 340 g/mol. The quantitative estimate of drug-likeness (QED) is 0.517. The molecule has 22 heavy (non-hydrogen) atoms. The molecule has 2 aromatic rings. The van der Waals surface area contributed by atoms with E-state index in [0.29, 0.717) is 19.8 Å². The first-order chi connectivity index (χ1) is 10.8. The van der Waals surface area contributed by atoms with Gasteiger partial charge >= 0.3 is 0 Å². The SMILES string of the molecule is O=S(Cl)OCCOCCOc1ccccc1-c1ccccc1. The van der Waals surface area contributed by atoms with Gasteiger partial charge in [0.1, 0.15) is 12.4 Å². The summed E-state index contributed by atoms with van der Waals surface area (Å²) in [5, 5.41) is 0. The molecule has 0 aromatic heterocycles. The van der Waals surface area contributed by atoms with Crippen molar-refractivity contribution in [2.45, 2.75) is 0 Å². The third-order valence-electron chi connectivity index (χ3n) is 2.86. The third-order valence-corrected chi connectivity index (χ3v) is 3.48. The Hall–Kier alpha value is -1.40. The van der Waals surface area contributed by atoms with Crippen LogP contribution in [-0.4, -0.2) is 30.6 Å². The molecule has 1 unspecified atom stereocenters. The topological polar surface area (TPSA) is 44.8 Å². The minimum atomic E-state index is -1.77. The molecule has 0 bridgehead atoms. The van der Waals surface area contributed by atoms with E-state index in [0.717, 1.165) is 16.9 Å². The van der Waals surface area contributed by atoms with Gasteiger partial charge in [-0.2, -0.15) is 0 Å². The van der Waals surface area contributed by atoms with Gasteiger partial charge in [-0.15, -0.1) is 0 Å². The second-order valence-corrected chi connectivity index (χ2v) is 5.72. The van der Waals surface area contributed by atoms with Crippen LogP contribution in [0.1, 0.15) is 0 Å². The van der Waals surface area contributed by atoms with Crippen LogP contribution in [0.5, 0.6) is 5.75 Å². The molecule has 118 valence electrons. The van der Waals surface area contributed by atoms with Crippen LogP contribution in [-0.2, 0) is 19.2 Å². The van der Waals surface area contributed by atoms with Crippen molar-refractivity contribution in [2.75, 3.05) is 26.4 Å². The Morgan fingerprint density at radius 3 is 2.32 bits per heavy atom. The molecule has 0 amide bonds. The van der Waals surface area contributed by atoms with Crippen LogP contribution in [0.3, 0.4) is 0 Å². The Morgan fingerprint density at radius 2 is 1.55 bits per heavy atom. The van der Waals surface area contributed by atoms with E-state index in [-0.39, 0.29) is 6.61 Å². The van der Waals surface area contributed by atoms with Gasteiger partial charge in [0.15, 0.2) is 0 Å². The van der Waals surface area contributed by atoms with E-state index in [1.807, 2.05) is 54.6 Å². The molecule has 0 aliphatic heterocycles. The van der Waals surface area contributed by atoms with Gasteiger partial charge in [-0.05, 0) is 11.6 Å². The third kappa shape index (κ3) is 5.77. The second-order valence-electron chi connectivity index (χ2n) is 4.34. The van der Waals surface area contributed by atoms with Gasteiger partial charge in [0.05, 0.1) is 19.8 Å². The van der Waals surface area contributed by atoms with Crippen molar-refractivity contribution in [3.63, 3.8) is 0 Å². The fourth-order valence-electron chi connectivity index (χ4n) is 1.92. The van der Waals surface area contributed by atoms with E-state index in [1.165, 1.54) is 0 Å². The van der Waals surface area contributed by atoms with E-state index in [1.54, 1.807) is 0 Å². The molecule has 0 N–H and O–H groups in total. The average molecular weight is 341 g/mol. The van der Waals surface area contributed by atoms with Gasteiger partial charge in [0.2, 0.25) is 0 Å². The summed E-state index contributed by atoms with van der Waals surface area (Å²) in [6, 6.07) is 17.9. The maximum Gasteiger partial charge on any atom is 0.256 e. The average Bonchev–Trinajstić information content (AvgIpc) is 2.55. The van der Waals surface area contributed by atoms with Crippen molar-refractivity contribution in [1.29, 1.82) is 0 Å². The Labute approximate surface area is 137 Å². The first kappa shape index (κ1) is 17.0. The van der Waals surface area contributed by atoms with Crippen molar-refractivity contribution in [3.8, 4) is 16.9 Å². The lowest BCUT2D eigenvalue weighted by Crippen LogP contribution is -2.11. The van der Waals surface area contributed by atoms with Crippen LogP contribution in [0.25, 0.3) is 11.1 Å². The van der Waals surface area contributed by atoms with Crippen LogP contribution in [0.2, 0.25) is 0 Å². The summed E-state index contributed by atoms with van der Waals surface area (Å²) < 4.78 is 26.2. The summed E-state index contributed by atoms with van der Waals surface area (Å²) >= 11 is 0. The molecule has 6 heteroatoms. The minimum Gasteiger partial charge on any atom is -0.491 e. The molecule has 4 nitrogen and oxygen atoms in total. The second kappa shape index (κ2) is 9.58. The number of ether oxygens (including phenoxy) is 2. The van der Waals surface area contributed by atoms with E-state index in [9.17, 15) is 4.21 Å². The van der Waals surface area contributed by atoms with E-state index in [2.05, 4.69) is 4.18 Å². The van der Waals surface area contributed by atoms with Crippen molar-refractivity contribution < 1.29 is 17.9 Å². The van der Waals surface area contributed by atoms with Crippen LogP contribution in [0.15, 0.2) is 54.6 Å². The summed E-state index contributed by atoms with van der Waals surface area (Å²) in [7, 11) is 3.38. The van der Waals surface area contributed by atoms with Gasteiger partial charge in [-0.3, -0.25) is 4.18 Å². The van der Waals surface area contributed by atoms with E-state index >= 15 is 0 Å². The maximum atomic E-state index is 10.5. The molecule has 0 saturated carbocycles. The van der Waals surface area contributed by atoms with Gasteiger partial charge < -0.3 is 9.47 Å². The van der Waals surface area contributed by atoms with Crippen LogP contribution in [0, 0.1) is 0 Å². The van der Waals surface area contributed by atoms with Crippen molar-refractivity contribution in [2.24, 2.45) is 0 Å². The highest BCUT2D eigenvalue weighted by atomic mass is 35.7. The lowest BCUT2D eigenvalue weighted by atomic mass is 10.1. The normalized spacial score (nSPS) is 12.0. The standard InChI is InChI=1S/C16H17ClO4S/c17-22(18)21-13-11-19-10-12-20-16-9-5-4-8-15(16)14-6-2-1-3-7-14/h1-9H,10-13H2. The smallest absolute Gasteiger partial charge is 0.256 e. The lowest BCUT2D eigenvalue weighted by molar-refractivity contribution is 0.0802. The van der Waals surface area contributed by atoms with Crippen LogP contribution in [0.4, 0.5) is 0 Å². The Morgan fingerprint density at radius 1 is 0.864 bits per heavy atom. The zero-order valence-corrected chi connectivity index (χ0v) is 13.5. The van der Waals surface area contributed by atoms with Gasteiger partial charge in [0.25, 0.3) is 10.3 Å². The molecule has 2 aromatic carbocycles. The zero-order chi connectivity index (χ0) is 15.6. The fraction of sp³-hybridized carbons (Fsp3) is 0.250. The number of halogens is 1.